The van der Waals surface area contributed by atoms with Crippen LogP contribution in [0.25, 0.3) is 0 Å². The van der Waals surface area contributed by atoms with Crippen molar-refractivity contribution in [2.45, 2.75) is 57.7 Å². The number of likely N-dealkylation sites (N-methyl/N-ethyl adjacent to an activating group) is 1. The second-order valence-electron chi connectivity index (χ2n) is 14.9. The van der Waals surface area contributed by atoms with Crippen molar-refractivity contribution >= 4 is 35.0 Å². The average Bonchev–Trinajstić information content (AvgIpc) is 3.72. The van der Waals surface area contributed by atoms with E-state index in [4.69, 9.17) is 13.9 Å². The lowest BCUT2D eigenvalue weighted by atomic mass is 9.46. The van der Waals surface area contributed by atoms with Gasteiger partial charge in [0.15, 0.2) is 18.0 Å². The number of ether oxygens (including phenoxy) is 2. The molecule has 260 valence electrons. The minimum absolute atomic E-state index is 0.0174. The molecular formula is C38H45N3O8. The smallest absolute Gasteiger partial charge is 0.412 e. The predicted molar refractivity (Wildman–Crippen MR) is 181 cm³/mol. The van der Waals surface area contributed by atoms with Gasteiger partial charge in [0.25, 0.3) is 0 Å². The van der Waals surface area contributed by atoms with Gasteiger partial charge in [0.05, 0.1) is 12.4 Å². The Bertz CT molecular complexity index is 1680. The number of aliphatic hydroxyl groups excluding tert-OH is 1. The lowest BCUT2D eigenvalue weighted by Crippen LogP contribution is -2.63. The Labute approximate surface area is 286 Å². The molecule has 3 saturated carbocycles. The van der Waals surface area contributed by atoms with E-state index in [2.05, 4.69) is 29.1 Å². The molecule has 1 aromatic heterocycles. The molecule has 7 rings (SSSR count). The molecule has 4 fully saturated rings. The fourth-order valence-corrected chi connectivity index (χ4v) is 9.82. The van der Waals surface area contributed by atoms with Gasteiger partial charge >= 0.3 is 12.1 Å². The van der Waals surface area contributed by atoms with E-state index in [1.165, 1.54) is 12.3 Å². The van der Waals surface area contributed by atoms with Crippen LogP contribution in [-0.4, -0.2) is 85.2 Å². The normalized spacial score (nSPS) is 33.9. The molecule has 2 heterocycles. The molecule has 0 bridgehead atoms. The molecule has 1 amide bonds. The first-order chi connectivity index (χ1) is 23.4. The predicted octanol–water partition coefficient (Wildman–Crippen LogP) is 5.02. The van der Waals surface area contributed by atoms with E-state index in [0.29, 0.717) is 18.5 Å². The van der Waals surface area contributed by atoms with Crippen LogP contribution in [0.2, 0.25) is 0 Å². The zero-order valence-electron chi connectivity index (χ0n) is 28.4. The van der Waals surface area contributed by atoms with Gasteiger partial charge in [-0.3, -0.25) is 14.9 Å². The number of Topliss-reactive ketones (excluding diaryl/α,β-unsaturated/α-hetero) is 1. The molecule has 1 aliphatic heterocycles. The molecule has 11 nitrogen and oxygen atoms in total. The van der Waals surface area contributed by atoms with Gasteiger partial charge in [-0.15, -0.1) is 0 Å². The minimum atomic E-state index is -1.66. The van der Waals surface area contributed by atoms with Crippen LogP contribution >= 0.6 is 0 Å². The van der Waals surface area contributed by atoms with E-state index in [0.717, 1.165) is 43.9 Å². The second-order valence-corrected chi connectivity index (χ2v) is 14.9. The molecule has 49 heavy (non-hydrogen) atoms. The fourth-order valence-electron chi connectivity index (χ4n) is 9.82. The monoisotopic (exact) mass is 671 g/mol. The van der Waals surface area contributed by atoms with Gasteiger partial charge < -0.3 is 28.8 Å². The number of ketones is 2. The third kappa shape index (κ3) is 5.70. The Balaban J connectivity index is 1.09. The van der Waals surface area contributed by atoms with Gasteiger partial charge in [0.2, 0.25) is 11.5 Å². The number of fused-ring (bicyclic) bond motifs is 5. The number of amides is 1. The zero-order valence-corrected chi connectivity index (χ0v) is 28.4. The Kier molecular flexibility index (Phi) is 8.55. The standard InChI is InChI=1S/C38H45N3O8/c1-36-14-12-27(42)21-24(36)6-11-28-29-13-15-38(37(29,2)22-30(43)33(28)36,49-34(45)31-5-4-20-47-31)32(44)23-48-35(46)39-25-7-9-26(10-8-25)41-18-16-40(3)17-19-41/h4-5,7-10,12,14,20-21,28-30,33,43H,6,11,13,15-19,22-23H2,1-3H3,(H,39,46)/t28?,29?,30-,33?,36?,37?,38-/m0/s1. The van der Waals surface area contributed by atoms with Crippen LogP contribution in [0.1, 0.15) is 56.5 Å². The molecule has 5 unspecified atom stereocenters. The molecule has 1 aromatic carbocycles. The van der Waals surface area contributed by atoms with Gasteiger partial charge in [-0.2, -0.15) is 0 Å². The summed E-state index contributed by atoms with van der Waals surface area (Å²) in [6.07, 6.45) is 7.43. The highest BCUT2D eigenvalue weighted by Gasteiger charge is 2.70. The number of piperazine rings is 1. The Hall–Kier alpha value is -4.22. The number of aliphatic hydroxyl groups is 1. The molecule has 1 saturated heterocycles. The van der Waals surface area contributed by atoms with Crippen molar-refractivity contribution < 1.29 is 38.2 Å². The van der Waals surface area contributed by atoms with Crippen molar-refractivity contribution in [3.8, 4) is 0 Å². The summed E-state index contributed by atoms with van der Waals surface area (Å²) in [5, 5.41) is 14.6. The summed E-state index contributed by atoms with van der Waals surface area (Å²) < 4.78 is 17.0. The van der Waals surface area contributed by atoms with Crippen molar-refractivity contribution in [1.29, 1.82) is 0 Å². The number of benzene rings is 1. The van der Waals surface area contributed by atoms with E-state index in [-0.39, 0.29) is 42.1 Å². The van der Waals surface area contributed by atoms with Gasteiger partial charge in [-0.25, -0.2) is 9.59 Å². The lowest BCUT2D eigenvalue weighted by Gasteiger charge is -2.59. The summed E-state index contributed by atoms with van der Waals surface area (Å²) in [6, 6.07) is 10.5. The maximum absolute atomic E-state index is 14.4. The van der Waals surface area contributed by atoms with E-state index in [1.807, 2.05) is 25.1 Å². The number of carbonyl (C=O) groups is 4. The van der Waals surface area contributed by atoms with Crippen molar-refractivity contribution in [1.82, 2.24) is 4.90 Å². The minimum Gasteiger partial charge on any atom is -0.457 e. The number of nitrogens with one attached hydrogen (secondary N) is 1. The molecule has 0 radical (unpaired) electrons. The number of nitrogens with zero attached hydrogens (tertiary/aromatic N) is 2. The van der Waals surface area contributed by atoms with E-state index < -0.39 is 47.0 Å². The molecule has 2 aromatic rings. The van der Waals surface area contributed by atoms with Crippen LogP contribution in [0.15, 0.2) is 70.9 Å². The van der Waals surface area contributed by atoms with Crippen molar-refractivity contribution in [2.24, 2.45) is 28.6 Å². The molecule has 0 spiro atoms. The highest BCUT2D eigenvalue weighted by molar-refractivity contribution is 6.01. The van der Waals surface area contributed by atoms with Crippen molar-refractivity contribution in [3.63, 3.8) is 0 Å². The van der Waals surface area contributed by atoms with Crippen LogP contribution in [0, 0.1) is 28.6 Å². The third-order valence-corrected chi connectivity index (χ3v) is 12.4. The van der Waals surface area contributed by atoms with Gasteiger partial charge in [-0.1, -0.05) is 25.5 Å². The Morgan fingerprint density at radius 1 is 1.06 bits per heavy atom. The van der Waals surface area contributed by atoms with Gasteiger partial charge in [0, 0.05) is 54.3 Å². The summed E-state index contributed by atoms with van der Waals surface area (Å²) in [7, 11) is 2.10. The molecule has 5 aliphatic rings. The number of anilines is 2. The topological polar surface area (TPSA) is 139 Å². The fraction of sp³-hybridized carbons (Fsp3) is 0.526. The van der Waals surface area contributed by atoms with E-state index in [9.17, 15) is 24.3 Å². The summed E-state index contributed by atoms with van der Waals surface area (Å²) in [5.41, 5.74) is -0.467. The number of esters is 1. The number of rotatable bonds is 7. The van der Waals surface area contributed by atoms with Gasteiger partial charge in [0.1, 0.15) is 0 Å². The summed E-state index contributed by atoms with van der Waals surface area (Å²) >= 11 is 0. The summed E-state index contributed by atoms with van der Waals surface area (Å²) in [4.78, 5) is 57.6. The van der Waals surface area contributed by atoms with E-state index >= 15 is 0 Å². The highest BCUT2D eigenvalue weighted by atomic mass is 16.6. The van der Waals surface area contributed by atoms with Crippen LogP contribution in [-0.2, 0) is 19.1 Å². The third-order valence-electron chi connectivity index (χ3n) is 12.4. The quantitative estimate of drug-likeness (QED) is 0.386. The molecule has 2 N–H and O–H groups in total. The molecule has 4 aliphatic carbocycles. The highest BCUT2D eigenvalue weighted by Crippen LogP contribution is 2.68. The van der Waals surface area contributed by atoms with Gasteiger partial charge in [-0.05, 0) is 99.5 Å². The first-order valence-electron chi connectivity index (χ1n) is 17.3. The molecule has 7 atom stereocenters. The van der Waals surface area contributed by atoms with Crippen LogP contribution in [0.5, 0.6) is 0 Å². The number of allylic oxidation sites excluding steroid dienone is 4. The van der Waals surface area contributed by atoms with Crippen LogP contribution < -0.4 is 10.2 Å². The maximum atomic E-state index is 14.4. The number of furan rings is 1. The maximum Gasteiger partial charge on any atom is 0.412 e. The molecule has 11 heteroatoms. The average molecular weight is 672 g/mol. The molecular weight excluding hydrogens is 626 g/mol. The Morgan fingerprint density at radius 3 is 2.53 bits per heavy atom. The first kappa shape index (κ1) is 33.3. The van der Waals surface area contributed by atoms with Crippen molar-refractivity contribution in [3.05, 3.63) is 72.2 Å². The largest absolute Gasteiger partial charge is 0.457 e. The van der Waals surface area contributed by atoms with E-state index in [1.54, 1.807) is 30.4 Å². The zero-order chi connectivity index (χ0) is 34.6. The van der Waals surface area contributed by atoms with Crippen molar-refractivity contribution in [2.75, 3.05) is 50.1 Å². The lowest BCUT2D eigenvalue weighted by molar-refractivity contribution is -0.180. The summed E-state index contributed by atoms with van der Waals surface area (Å²) in [6.45, 7) is 7.21. The number of hydrogen-bond acceptors (Lipinski definition) is 10. The van der Waals surface area contributed by atoms with Crippen LogP contribution in [0.3, 0.4) is 0 Å². The summed E-state index contributed by atoms with van der Waals surface area (Å²) in [5.74, 6) is -1.60. The second kappa shape index (κ2) is 12.6. The number of carbonyl (C=O) groups excluding carboxylic acids is 4. The van der Waals surface area contributed by atoms with Crippen LogP contribution in [0.4, 0.5) is 16.2 Å². The first-order valence-corrected chi connectivity index (χ1v) is 17.3. The number of hydrogen-bond donors (Lipinski definition) is 2. The Morgan fingerprint density at radius 2 is 1.82 bits per heavy atom. The SMILES string of the molecule is CN1CCN(c2ccc(NC(=O)OCC(=O)[C@@]3(OC(=O)c4ccco4)CCC4C5CCC6=CC(=O)C=CC6(C)C5[C@@H](O)CC43C)cc2)CC1.